The molecular formula is C17H22N4O2. The van der Waals surface area contributed by atoms with Gasteiger partial charge in [0.1, 0.15) is 0 Å². The zero-order valence-corrected chi connectivity index (χ0v) is 13.5. The third-order valence-electron chi connectivity index (χ3n) is 3.58. The quantitative estimate of drug-likeness (QED) is 0.426. The van der Waals surface area contributed by atoms with E-state index in [0.717, 1.165) is 12.8 Å². The van der Waals surface area contributed by atoms with Gasteiger partial charge in [-0.3, -0.25) is 4.79 Å². The molecule has 0 spiro atoms. The smallest absolute Gasteiger partial charge is 0.308 e. The SMILES string of the molecule is CCOC(=O)C(CCCCC(C#N)CC#N)CC(C#N)CC#N. The van der Waals surface area contributed by atoms with Crippen molar-refractivity contribution in [2.45, 2.75) is 51.9 Å². The zero-order valence-electron chi connectivity index (χ0n) is 13.5. The second-order valence-electron chi connectivity index (χ2n) is 5.35. The summed E-state index contributed by atoms with van der Waals surface area (Å²) in [6, 6.07) is 8.10. The molecule has 0 N–H and O–H groups in total. The predicted octanol–water partition coefficient (Wildman–Crippen LogP) is 3.22. The summed E-state index contributed by atoms with van der Waals surface area (Å²) >= 11 is 0. The molecule has 0 radical (unpaired) electrons. The van der Waals surface area contributed by atoms with Crippen LogP contribution >= 0.6 is 0 Å². The van der Waals surface area contributed by atoms with E-state index in [2.05, 4.69) is 12.1 Å². The maximum Gasteiger partial charge on any atom is 0.308 e. The van der Waals surface area contributed by atoms with E-state index in [0.29, 0.717) is 19.3 Å². The largest absolute Gasteiger partial charge is 0.466 e. The minimum atomic E-state index is -0.472. The monoisotopic (exact) mass is 314 g/mol. The highest BCUT2D eigenvalue weighted by atomic mass is 16.5. The number of nitrogens with zero attached hydrogens (tertiary/aromatic N) is 4. The Bertz CT molecular complexity index is 519. The summed E-state index contributed by atoms with van der Waals surface area (Å²) in [7, 11) is 0. The predicted molar refractivity (Wildman–Crippen MR) is 81.9 cm³/mol. The summed E-state index contributed by atoms with van der Waals surface area (Å²) < 4.78 is 5.04. The summed E-state index contributed by atoms with van der Waals surface area (Å²) in [5.74, 6) is -1.48. The van der Waals surface area contributed by atoms with Crippen LogP contribution in [0, 0.1) is 63.1 Å². The molecule has 3 unspecified atom stereocenters. The van der Waals surface area contributed by atoms with Crippen molar-refractivity contribution in [3.05, 3.63) is 0 Å². The summed E-state index contributed by atoms with van der Waals surface area (Å²) in [6.07, 6.45) is 3.29. The highest BCUT2D eigenvalue weighted by molar-refractivity contribution is 5.72. The molecule has 0 aliphatic carbocycles. The van der Waals surface area contributed by atoms with Gasteiger partial charge in [-0.15, -0.1) is 0 Å². The average molecular weight is 314 g/mol. The number of carbonyl (C=O) groups excluding carboxylic acids is 1. The van der Waals surface area contributed by atoms with E-state index in [1.165, 1.54) is 0 Å². The van der Waals surface area contributed by atoms with Crippen molar-refractivity contribution in [2.75, 3.05) is 6.61 Å². The van der Waals surface area contributed by atoms with Crippen molar-refractivity contribution in [2.24, 2.45) is 17.8 Å². The molecule has 0 aliphatic rings. The lowest BCUT2D eigenvalue weighted by atomic mass is 9.88. The van der Waals surface area contributed by atoms with Gasteiger partial charge in [-0.2, -0.15) is 21.0 Å². The zero-order chi connectivity index (χ0) is 17.5. The van der Waals surface area contributed by atoms with E-state index < -0.39 is 11.8 Å². The summed E-state index contributed by atoms with van der Waals surface area (Å²) in [6.45, 7) is 2.01. The van der Waals surface area contributed by atoms with Gasteiger partial charge in [0.05, 0.1) is 61.5 Å². The van der Waals surface area contributed by atoms with Gasteiger partial charge in [-0.1, -0.05) is 12.8 Å². The fourth-order valence-electron chi connectivity index (χ4n) is 2.33. The number of carbonyl (C=O) groups is 1. The average Bonchev–Trinajstić information content (AvgIpc) is 2.55. The van der Waals surface area contributed by atoms with E-state index in [1.54, 1.807) is 6.92 Å². The third kappa shape index (κ3) is 9.13. The molecule has 122 valence electrons. The van der Waals surface area contributed by atoms with Crippen molar-refractivity contribution < 1.29 is 9.53 Å². The minimum absolute atomic E-state index is 0.102. The van der Waals surface area contributed by atoms with E-state index in [-0.39, 0.29) is 31.3 Å². The van der Waals surface area contributed by atoms with Crippen LogP contribution in [0.4, 0.5) is 0 Å². The van der Waals surface area contributed by atoms with E-state index in [9.17, 15) is 4.79 Å². The standard InChI is InChI=1S/C17H22N4O2/c1-2-23-17(22)16(11-15(13-21)8-10-19)6-4-3-5-14(12-20)7-9-18/h14-16H,2-8,11H2,1H3. The normalized spacial score (nSPS) is 13.4. The Balaban J connectivity index is 4.46. The molecule has 0 saturated carbocycles. The molecule has 23 heavy (non-hydrogen) atoms. The van der Waals surface area contributed by atoms with E-state index in [1.807, 2.05) is 12.1 Å². The molecule has 0 saturated heterocycles. The Morgan fingerprint density at radius 3 is 2.04 bits per heavy atom. The second kappa shape index (κ2) is 13.1. The van der Waals surface area contributed by atoms with Crippen molar-refractivity contribution in [1.29, 1.82) is 21.0 Å². The van der Waals surface area contributed by atoms with Crippen LogP contribution in [0.25, 0.3) is 0 Å². The Morgan fingerprint density at radius 1 is 0.957 bits per heavy atom. The fourth-order valence-corrected chi connectivity index (χ4v) is 2.33. The van der Waals surface area contributed by atoms with Crippen LogP contribution in [-0.2, 0) is 9.53 Å². The van der Waals surface area contributed by atoms with Crippen LogP contribution in [0.1, 0.15) is 51.9 Å². The lowest BCUT2D eigenvalue weighted by Gasteiger charge is -2.17. The van der Waals surface area contributed by atoms with Gasteiger partial charge in [0.2, 0.25) is 0 Å². The van der Waals surface area contributed by atoms with Gasteiger partial charge in [0.25, 0.3) is 0 Å². The Hall–Kier alpha value is -2.57. The van der Waals surface area contributed by atoms with Gasteiger partial charge < -0.3 is 4.74 Å². The van der Waals surface area contributed by atoms with Crippen molar-refractivity contribution >= 4 is 5.97 Å². The number of hydrogen-bond donors (Lipinski definition) is 0. The van der Waals surface area contributed by atoms with Gasteiger partial charge >= 0.3 is 5.97 Å². The van der Waals surface area contributed by atoms with E-state index in [4.69, 9.17) is 25.8 Å². The number of esters is 1. The van der Waals surface area contributed by atoms with Crippen molar-refractivity contribution in [3.8, 4) is 24.3 Å². The molecule has 0 heterocycles. The topological polar surface area (TPSA) is 121 Å². The van der Waals surface area contributed by atoms with Crippen LogP contribution in [0.5, 0.6) is 0 Å². The first-order valence-corrected chi connectivity index (χ1v) is 7.82. The molecule has 0 aromatic carbocycles. The summed E-state index contributed by atoms with van der Waals surface area (Å²) in [5, 5.41) is 35.2. The number of ether oxygens (including phenoxy) is 1. The van der Waals surface area contributed by atoms with E-state index >= 15 is 0 Å². The Labute approximate surface area is 137 Å². The number of hydrogen-bond acceptors (Lipinski definition) is 6. The molecule has 0 amide bonds. The highest BCUT2D eigenvalue weighted by Gasteiger charge is 2.24. The first-order valence-electron chi connectivity index (χ1n) is 7.82. The Kier molecular flexibility index (Phi) is 11.7. The van der Waals surface area contributed by atoms with Gasteiger partial charge in [0.15, 0.2) is 0 Å². The third-order valence-corrected chi connectivity index (χ3v) is 3.58. The van der Waals surface area contributed by atoms with Crippen LogP contribution in [0.3, 0.4) is 0 Å². The molecule has 3 atom stereocenters. The summed E-state index contributed by atoms with van der Waals surface area (Å²) in [4.78, 5) is 12.0. The Morgan fingerprint density at radius 2 is 1.52 bits per heavy atom. The summed E-state index contributed by atoms with van der Waals surface area (Å²) in [5.41, 5.74) is 0. The molecule has 6 heteroatoms. The lowest BCUT2D eigenvalue weighted by molar-refractivity contribution is -0.148. The minimum Gasteiger partial charge on any atom is -0.466 e. The number of unbranched alkanes of at least 4 members (excludes halogenated alkanes) is 1. The molecule has 0 aromatic rings. The lowest BCUT2D eigenvalue weighted by Crippen LogP contribution is -2.21. The molecule has 0 bridgehead atoms. The number of rotatable bonds is 11. The second-order valence-corrected chi connectivity index (χ2v) is 5.35. The first kappa shape index (κ1) is 20.4. The fraction of sp³-hybridized carbons (Fsp3) is 0.706. The first-order chi connectivity index (χ1) is 11.1. The van der Waals surface area contributed by atoms with Crippen molar-refractivity contribution in [3.63, 3.8) is 0 Å². The molecule has 6 nitrogen and oxygen atoms in total. The highest BCUT2D eigenvalue weighted by Crippen LogP contribution is 2.23. The van der Waals surface area contributed by atoms with Crippen LogP contribution in [0.15, 0.2) is 0 Å². The molecule has 0 aromatic heterocycles. The van der Waals surface area contributed by atoms with Crippen LogP contribution in [0.2, 0.25) is 0 Å². The van der Waals surface area contributed by atoms with Crippen LogP contribution in [-0.4, -0.2) is 12.6 Å². The molecule has 0 aliphatic heterocycles. The molecule has 0 fully saturated rings. The number of nitriles is 4. The molecule has 0 rings (SSSR count). The van der Waals surface area contributed by atoms with Crippen molar-refractivity contribution in [1.82, 2.24) is 0 Å². The molecular weight excluding hydrogens is 292 g/mol. The van der Waals surface area contributed by atoms with Crippen LogP contribution < -0.4 is 0 Å². The van der Waals surface area contributed by atoms with Gasteiger partial charge in [-0.05, 0) is 26.2 Å². The van der Waals surface area contributed by atoms with Gasteiger partial charge in [0, 0.05) is 0 Å². The maximum atomic E-state index is 12.0. The maximum absolute atomic E-state index is 12.0. The van der Waals surface area contributed by atoms with Gasteiger partial charge in [-0.25, -0.2) is 0 Å².